The van der Waals surface area contributed by atoms with Crippen molar-refractivity contribution in [1.29, 1.82) is 0 Å². The maximum atomic E-state index is 9.76. The van der Waals surface area contributed by atoms with E-state index < -0.39 is 0 Å². The number of benzene rings is 1. The van der Waals surface area contributed by atoms with E-state index in [1.54, 1.807) is 0 Å². The fourth-order valence-corrected chi connectivity index (χ4v) is 0.704. The van der Waals surface area contributed by atoms with Crippen LogP contribution in [0.3, 0.4) is 0 Å². The highest BCUT2D eigenvalue weighted by Gasteiger charge is 1.87. The van der Waals surface area contributed by atoms with E-state index in [-0.39, 0.29) is 4.32 Å². The van der Waals surface area contributed by atoms with E-state index in [4.69, 9.17) is 5.73 Å². The maximum absolute atomic E-state index is 9.76. The quantitative estimate of drug-likeness (QED) is 0.469. The van der Waals surface area contributed by atoms with E-state index in [9.17, 15) is 4.79 Å². The molecule has 0 heterocycles. The average molecular weight is 229 g/mol. The van der Waals surface area contributed by atoms with Gasteiger partial charge in [-0.1, -0.05) is 42.5 Å². The minimum Gasteiger partial charge on any atom is -0.463 e. The summed E-state index contributed by atoms with van der Waals surface area (Å²) in [6.07, 6.45) is 0. The van der Waals surface area contributed by atoms with Crippen molar-refractivity contribution in [2.24, 2.45) is 5.73 Å². The highest BCUT2D eigenvalue weighted by Crippen LogP contribution is 1.98. The molecule has 1 aromatic carbocycles. The van der Waals surface area contributed by atoms with E-state index in [1.165, 1.54) is 0 Å². The Bertz CT molecular complexity index is 273. The average Bonchev–Trinajstić information content (AvgIpc) is 2.15. The van der Waals surface area contributed by atoms with Gasteiger partial charge in [0.25, 0.3) is 6.47 Å². The first-order valence-corrected chi connectivity index (χ1v) is 4.60. The minimum absolute atomic E-state index is 0.194. The monoisotopic (exact) mass is 229 g/mol. The molecule has 0 saturated carbocycles. The van der Waals surface area contributed by atoms with Crippen LogP contribution in [0.4, 0.5) is 0 Å². The molecule has 0 aliphatic rings. The van der Waals surface area contributed by atoms with Crippen LogP contribution in [0.15, 0.2) is 30.3 Å². The molecule has 0 bridgehead atoms. The number of nitrogens with two attached hydrogens (primary N) is 1. The second-order valence-electron chi connectivity index (χ2n) is 2.23. The minimum atomic E-state index is 0.194. The van der Waals surface area contributed by atoms with Crippen molar-refractivity contribution in [1.82, 2.24) is 0 Å². The molecule has 2 N–H and O–H groups in total. The van der Waals surface area contributed by atoms with Crippen LogP contribution in [-0.4, -0.2) is 10.8 Å². The summed E-state index contributed by atoms with van der Waals surface area (Å²) in [6, 6.07) is 9.55. The highest BCUT2D eigenvalue weighted by molar-refractivity contribution is 8.10. The number of hydrogen-bond donors (Lipinski definition) is 2. The Morgan fingerprint density at radius 1 is 1.50 bits per heavy atom. The van der Waals surface area contributed by atoms with E-state index in [1.807, 2.05) is 30.3 Å². The van der Waals surface area contributed by atoms with Crippen LogP contribution in [-0.2, 0) is 16.1 Å². The predicted octanol–water partition coefficient (Wildman–Crippen LogP) is 1.52. The topological polar surface area (TPSA) is 52.3 Å². The van der Waals surface area contributed by atoms with Gasteiger partial charge in [0, 0.05) is 0 Å². The van der Waals surface area contributed by atoms with Gasteiger partial charge in [-0.15, -0.1) is 12.6 Å². The number of hydrogen-bond acceptors (Lipinski definition) is 3. The summed E-state index contributed by atoms with van der Waals surface area (Å²) in [5.74, 6) is 0. The highest BCUT2D eigenvalue weighted by atomic mass is 32.1. The van der Waals surface area contributed by atoms with Gasteiger partial charge in [-0.25, -0.2) is 0 Å². The van der Waals surface area contributed by atoms with Crippen molar-refractivity contribution in [3.05, 3.63) is 35.9 Å². The van der Waals surface area contributed by atoms with Crippen molar-refractivity contribution in [3.63, 3.8) is 0 Å². The van der Waals surface area contributed by atoms with Crippen molar-refractivity contribution in [3.8, 4) is 0 Å². The molecule has 14 heavy (non-hydrogen) atoms. The van der Waals surface area contributed by atoms with Gasteiger partial charge in [-0.3, -0.25) is 4.79 Å². The van der Waals surface area contributed by atoms with Crippen LogP contribution < -0.4 is 5.73 Å². The molecule has 0 aliphatic heterocycles. The van der Waals surface area contributed by atoms with Crippen LogP contribution in [0.5, 0.6) is 0 Å². The zero-order valence-corrected chi connectivity index (χ0v) is 9.13. The summed E-state index contributed by atoms with van der Waals surface area (Å²) in [5, 5.41) is 0. The number of rotatable bonds is 3. The summed E-state index contributed by atoms with van der Waals surface area (Å²) in [6.45, 7) is 0.817. The number of thiol groups is 1. The number of carbonyl (C=O) groups excluding carboxylic acids is 1. The Labute approximate surface area is 93.7 Å². The molecular weight excluding hydrogens is 218 g/mol. The molecule has 0 unspecified atom stereocenters. The van der Waals surface area contributed by atoms with Crippen LogP contribution in [0.1, 0.15) is 5.56 Å². The molecule has 0 saturated heterocycles. The third-order valence-corrected chi connectivity index (χ3v) is 1.16. The summed E-state index contributed by atoms with van der Waals surface area (Å²) in [5.41, 5.74) is 5.72. The smallest absolute Gasteiger partial charge is 0.293 e. The molecule has 76 valence electrons. The van der Waals surface area contributed by atoms with Crippen LogP contribution >= 0.6 is 24.8 Å². The van der Waals surface area contributed by atoms with Crippen LogP contribution in [0.2, 0.25) is 0 Å². The number of thiocarbonyl (C=S) groups is 1. The first kappa shape index (κ1) is 12.9. The van der Waals surface area contributed by atoms with Gasteiger partial charge in [-0.2, -0.15) is 0 Å². The molecule has 0 atom stereocenters. The maximum Gasteiger partial charge on any atom is 0.293 e. The van der Waals surface area contributed by atoms with Crippen LogP contribution in [0.25, 0.3) is 0 Å². The van der Waals surface area contributed by atoms with E-state index in [2.05, 4.69) is 29.6 Å². The molecule has 0 aromatic heterocycles. The first-order chi connectivity index (χ1) is 6.66. The fraction of sp³-hybridized carbons (Fsp3) is 0.111. The molecule has 1 aromatic rings. The van der Waals surface area contributed by atoms with Gasteiger partial charge in [0.2, 0.25) is 0 Å². The second kappa shape index (κ2) is 8.52. The van der Waals surface area contributed by atoms with Gasteiger partial charge in [0.15, 0.2) is 0 Å². The summed E-state index contributed by atoms with van der Waals surface area (Å²) < 4.78 is 4.73. The van der Waals surface area contributed by atoms with Gasteiger partial charge < -0.3 is 10.5 Å². The Hall–Kier alpha value is -1.07. The fourth-order valence-electron chi connectivity index (χ4n) is 0.704. The Morgan fingerprint density at radius 3 is 2.43 bits per heavy atom. The lowest BCUT2D eigenvalue weighted by Crippen LogP contribution is -1.94. The molecule has 0 aliphatic carbocycles. The zero-order chi connectivity index (χ0) is 10.8. The Kier molecular flexibility index (Phi) is 7.87. The standard InChI is InChI=1S/C8H8O2.CH3NS2/c9-7-10-6-8-4-2-1-3-5-8;2-1(3)4/h1-5,7H,6H2;(H3,2,3,4). The van der Waals surface area contributed by atoms with Crippen molar-refractivity contribution >= 4 is 35.6 Å². The van der Waals surface area contributed by atoms with Gasteiger partial charge in [0.1, 0.15) is 10.9 Å². The molecule has 0 amide bonds. The van der Waals surface area contributed by atoms with E-state index in [0.717, 1.165) is 5.56 Å². The van der Waals surface area contributed by atoms with E-state index in [0.29, 0.717) is 13.1 Å². The molecule has 0 radical (unpaired) electrons. The van der Waals surface area contributed by atoms with Crippen molar-refractivity contribution < 1.29 is 9.53 Å². The SMILES string of the molecule is NC(=S)S.O=COCc1ccccc1. The van der Waals surface area contributed by atoms with E-state index >= 15 is 0 Å². The molecule has 5 heteroatoms. The molecule has 3 nitrogen and oxygen atoms in total. The lowest BCUT2D eigenvalue weighted by atomic mass is 10.2. The van der Waals surface area contributed by atoms with Gasteiger partial charge in [-0.05, 0) is 5.56 Å². The third-order valence-electron chi connectivity index (χ3n) is 1.16. The normalized spacial score (nSPS) is 8.07. The summed E-state index contributed by atoms with van der Waals surface area (Å²) in [7, 11) is 0. The third kappa shape index (κ3) is 9.02. The summed E-state index contributed by atoms with van der Waals surface area (Å²) in [4.78, 5) is 9.76. The summed E-state index contributed by atoms with van der Waals surface area (Å²) >= 11 is 7.65. The molecular formula is C9H11NO2S2. The second-order valence-corrected chi connectivity index (χ2v) is 3.46. The van der Waals surface area contributed by atoms with Crippen molar-refractivity contribution in [2.45, 2.75) is 6.61 Å². The molecule has 0 fully saturated rings. The van der Waals surface area contributed by atoms with Crippen molar-refractivity contribution in [2.75, 3.05) is 0 Å². The lowest BCUT2D eigenvalue weighted by Gasteiger charge is -1.95. The first-order valence-electron chi connectivity index (χ1n) is 3.74. The zero-order valence-electron chi connectivity index (χ0n) is 7.42. The molecule has 1 rings (SSSR count). The largest absolute Gasteiger partial charge is 0.463 e. The number of ether oxygens (including phenoxy) is 1. The molecule has 0 spiro atoms. The lowest BCUT2D eigenvalue weighted by molar-refractivity contribution is -0.129. The van der Waals surface area contributed by atoms with Gasteiger partial charge >= 0.3 is 0 Å². The van der Waals surface area contributed by atoms with Gasteiger partial charge in [0.05, 0.1) is 0 Å². The predicted molar refractivity (Wildman–Crippen MR) is 63.1 cm³/mol. The Morgan fingerprint density at radius 2 is 2.00 bits per heavy atom. The Balaban J connectivity index is 0.000000364. The number of carbonyl (C=O) groups is 1. The van der Waals surface area contributed by atoms with Crippen LogP contribution in [0, 0.1) is 0 Å².